The lowest BCUT2D eigenvalue weighted by Gasteiger charge is -2.11. The summed E-state index contributed by atoms with van der Waals surface area (Å²) >= 11 is 1.73. The Labute approximate surface area is 158 Å². The first-order valence-corrected chi connectivity index (χ1v) is 9.56. The lowest BCUT2D eigenvalue weighted by atomic mass is 10.1. The monoisotopic (exact) mass is 366 g/mol. The molecule has 1 heterocycles. The lowest BCUT2D eigenvalue weighted by Crippen LogP contribution is -2.13. The average molecular weight is 366 g/mol. The van der Waals surface area contributed by atoms with E-state index >= 15 is 0 Å². The largest absolute Gasteiger partial charge is 0.462 e. The summed E-state index contributed by atoms with van der Waals surface area (Å²) in [7, 11) is 0. The fourth-order valence-electron chi connectivity index (χ4n) is 2.47. The van der Waals surface area contributed by atoms with Crippen molar-refractivity contribution in [2.75, 3.05) is 12.4 Å². The molecule has 134 valence electrons. The van der Waals surface area contributed by atoms with Crippen LogP contribution in [-0.4, -0.2) is 18.3 Å². The number of furan rings is 1. The third-order valence-electron chi connectivity index (χ3n) is 3.93. The van der Waals surface area contributed by atoms with Crippen LogP contribution in [0, 0.1) is 5.92 Å². The van der Waals surface area contributed by atoms with Gasteiger partial charge in [-0.2, -0.15) is 0 Å². The van der Waals surface area contributed by atoms with E-state index in [1.807, 2.05) is 30.3 Å². The fraction of sp³-hybridized carbons (Fsp3) is 0.227. The third kappa shape index (κ3) is 4.58. The van der Waals surface area contributed by atoms with Crippen LogP contribution in [0.5, 0.6) is 0 Å². The number of hydrogen-bond acceptors (Lipinski definition) is 4. The smallest absolute Gasteiger partial charge is 0.333 e. The topological polar surface area (TPSA) is 39.4 Å². The molecule has 0 bridgehead atoms. The molecule has 0 saturated carbocycles. The maximum absolute atomic E-state index is 11.4. The second kappa shape index (κ2) is 8.28. The number of carbonyl (C=O) groups is 1. The van der Waals surface area contributed by atoms with Crippen LogP contribution < -0.4 is 0 Å². The van der Waals surface area contributed by atoms with Gasteiger partial charge >= 0.3 is 5.97 Å². The molecule has 2 aromatic carbocycles. The van der Waals surface area contributed by atoms with Crippen LogP contribution in [0.4, 0.5) is 0 Å². The summed E-state index contributed by atoms with van der Waals surface area (Å²) in [4.78, 5) is 12.6. The summed E-state index contributed by atoms with van der Waals surface area (Å²) < 4.78 is 11.2. The first kappa shape index (κ1) is 18.3. The predicted molar refractivity (Wildman–Crippen MR) is 107 cm³/mol. The van der Waals surface area contributed by atoms with Crippen LogP contribution in [-0.2, 0) is 9.53 Å². The minimum Gasteiger partial charge on any atom is -0.462 e. The molecule has 3 rings (SSSR count). The van der Waals surface area contributed by atoms with E-state index in [9.17, 15) is 4.79 Å². The number of esters is 1. The molecule has 0 spiro atoms. The van der Waals surface area contributed by atoms with Crippen molar-refractivity contribution in [1.29, 1.82) is 0 Å². The van der Waals surface area contributed by atoms with Crippen LogP contribution >= 0.6 is 11.8 Å². The molecule has 3 aromatic rings. The number of thioether (sulfide) groups is 1. The Morgan fingerprint density at radius 2 is 1.96 bits per heavy atom. The molecule has 0 aliphatic heterocycles. The van der Waals surface area contributed by atoms with Gasteiger partial charge in [0.2, 0.25) is 0 Å². The van der Waals surface area contributed by atoms with Gasteiger partial charge in [0.25, 0.3) is 0 Å². The van der Waals surface area contributed by atoms with Gasteiger partial charge in [-0.15, -0.1) is 11.8 Å². The molecule has 0 N–H and O–H groups in total. The highest BCUT2D eigenvalue weighted by Crippen LogP contribution is 2.31. The standard InChI is InChI=1S/C22H22O3S/c1-15(2)22(23)24-13-16(3)14-26-19-10-9-18-11-20(25-21(18)12-19)17-7-5-4-6-8-17/h4-12,16H,1,13-14H2,2-3H3. The predicted octanol–water partition coefficient (Wildman–Crippen LogP) is 5.95. The Bertz CT molecular complexity index is 912. The molecule has 0 amide bonds. The van der Waals surface area contributed by atoms with E-state index < -0.39 is 0 Å². The Balaban J connectivity index is 1.62. The molecule has 4 heteroatoms. The van der Waals surface area contributed by atoms with Gasteiger partial charge in [0.05, 0.1) is 6.61 Å². The van der Waals surface area contributed by atoms with Gasteiger partial charge in [-0.1, -0.05) is 43.8 Å². The summed E-state index contributed by atoms with van der Waals surface area (Å²) in [5, 5.41) is 1.09. The van der Waals surface area contributed by atoms with Crippen molar-refractivity contribution in [2.45, 2.75) is 18.7 Å². The molecule has 1 unspecified atom stereocenters. The SMILES string of the molecule is C=C(C)C(=O)OCC(C)CSc1ccc2cc(-c3ccccc3)oc2c1. The van der Waals surface area contributed by atoms with E-state index in [1.165, 1.54) is 0 Å². The molecule has 1 atom stereocenters. The summed E-state index contributed by atoms with van der Waals surface area (Å²) in [6.45, 7) is 7.72. The molecule has 0 aliphatic carbocycles. The molecule has 26 heavy (non-hydrogen) atoms. The molecule has 0 aliphatic rings. The van der Waals surface area contributed by atoms with Crippen LogP contribution in [0.25, 0.3) is 22.3 Å². The molecular formula is C22H22O3S. The molecule has 0 saturated heterocycles. The van der Waals surface area contributed by atoms with Gasteiger partial charge in [-0.25, -0.2) is 4.79 Å². The average Bonchev–Trinajstić information content (AvgIpc) is 3.08. The number of rotatable bonds is 7. The van der Waals surface area contributed by atoms with Crippen LogP contribution in [0.3, 0.4) is 0 Å². The highest BCUT2D eigenvalue weighted by atomic mass is 32.2. The van der Waals surface area contributed by atoms with Crippen molar-refractivity contribution in [3.63, 3.8) is 0 Å². The number of benzene rings is 2. The second-order valence-corrected chi connectivity index (χ2v) is 7.56. The maximum Gasteiger partial charge on any atom is 0.333 e. The Hall–Kier alpha value is -2.46. The van der Waals surface area contributed by atoms with Gasteiger partial charge in [0.15, 0.2) is 0 Å². The number of ether oxygens (including phenoxy) is 1. The summed E-state index contributed by atoms with van der Waals surface area (Å²) in [5.41, 5.74) is 2.39. The normalized spacial score (nSPS) is 12.1. The summed E-state index contributed by atoms with van der Waals surface area (Å²) in [5.74, 6) is 1.67. The lowest BCUT2D eigenvalue weighted by molar-refractivity contribution is -0.139. The first-order valence-electron chi connectivity index (χ1n) is 8.57. The van der Waals surface area contributed by atoms with E-state index in [1.54, 1.807) is 18.7 Å². The minimum absolute atomic E-state index is 0.260. The zero-order valence-electron chi connectivity index (χ0n) is 15.0. The van der Waals surface area contributed by atoms with Crippen molar-refractivity contribution >= 4 is 28.7 Å². The van der Waals surface area contributed by atoms with Crippen LogP contribution in [0.2, 0.25) is 0 Å². The zero-order chi connectivity index (χ0) is 18.5. The van der Waals surface area contributed by atoms with E-state index in [-0.39, 0.29) is 11.9 Å². The number of hydrogen-bond donors (Lipinski definition) is 0. The molecule has 0 fully saturated rings. The summed E-state index contributed by atoms with van der Waals surface area (Å²) in [6, 6.07) is 18.4. The van der Waals surface area contributed by atoms with Gasteiger partial charge in [0.1, 0.15) is 11.3 Å². The van der Waals surface area contributed by atoms with Gasteiger partial charge in [-0.3, -0.25) is 0 Å². The minimum atomic E-state index is -0.327. The highest BCUT2D eigenvalue weighted by molar-refractivity contribution is 7.99. The molecule has 1 aromatic heterocycles. The Kier molecular flexibility index (Phi) is 5.84. The maximum atomic E-state index is 11.4. The van der Waals surface area contributed by atoms with Crippen LogP contribution in [0.15, 0.2) is 76.1 Å². The quantitative estimate of drug-likeness (QED) is 0.294. The van der Waals surface area contributed by atoms with Crippen molar-refractivity contribution in [3.8, 4) is 11.3 Å². The van der Waals surface area contributed by atoms with E-state index in [0.29, 0.717) is 12.2 Å². The Morgan fingerprint density at radius 3 is 2.69 bits per heavy atom. The first-order chi connectivity index (χ1) is 12.5. The molecular weight excluding hydrogens is 344 g/mol. The summed E-state index contributed by atoms with van der Waals surface area (Å²) in [6.07, 6.45) is 0. The van der Waals surface area contributed by atoms with Crippen molar-refractivity contribution < 1.29 is 13.9 Å². The fourth-order valence-corrected chi connectivity index (χ4v) is 3.40. The van der Waals surface area contributed by atoms with E-state index in [0.717, 1.165) is 32.9 Å². The zero-order valence-corrected chi connectivity index (χ0v) is 15.8. The van der Waals surface area contributed by atoms with E-state index in [2.05, 4.69) is 37.8 Å². The van der Waals surface area contributed by atoms with Crippen molar-refractivity contribution in [1.82, 2.24) is 0 Å². The molecule has 0 radical (unpaired) electrons. The number of carbonyl (C=O) groups excluding carboxylic acids is 1. The van der Waals surface area contributed by atoms with Crippen molar-refractivity contribution in [2.24, 2.45) is 5.92 Å². The highest BCUT2D eigenvalue weighted by Gasteiger charge is 2.10. The Morgan fingerprint density at radius 1 is 1.19 bits per heavy atom. The molecule has 3 nitrogen and oxygen atoms in total. The third-order valence-corrected chi connectivity index (χ3v) is 5.25. The van der Waals surface area contributed by atoms with Gasteiger partial charge in [0, 0.05) is 27.2 Å². The number of fused-ring (bicyclic) bond motifs is 1. The van der Waals surface area contributed by atoms with Crippen LogP contribution in [0.1, 0.15) is 13.8 Å². The van der Waals surface area contributed by atoms with Gasteiger partial charge in [-0.05, 0) is 37.1 Å². The van der Waals surface area contributed by atoms with Crippen molar-refractivity contribution in [3.05, 3.63) is 66.7 Å². The van der Waals surface area contributed by atoms with Gasteiger partial charge < -0.3 is 9.15 Å². The second-order valence-electron chi connectivity index (χ2n) is 6.47. The van der Waals surface area contributed by atoms with E-state index in [4.69, 9.17) is 9.15 Å².